The van der Waals surface area contributed by atoms with Gasteiger partial charge in [0.2, 0.25) is 5.16 Å². The van der Waals surface area contributed by atoms with Crippen LogP contribution in [0.2, 0.25) is 0 Å². The lowest BCUT2D eigenvalue weighted by molar-refractivity contribution is 0.809. The predicted octanol–water partition coefficient (Wildman–Crippen LogP) is 4.08. The number of hydrogen-bond acceptors (Lipinski definition) is 5. The minimum atomic E-state index is 0.177. The molecule has 2 aromatic rings. The smallest absolute Gasteiger partial charge is 0.219 e. The van der Waals surface area contributed by atoms with Gasteiger partial charge in [-0.25, -0.2) is 4.98 Å². The van der Waals surface area contributed by atoms with Gasteiger partial charge in [-0.05, 0) is 10.8 Å². The van der Waals surface area contributed by atoms with Crippen LogP contribution in [0.5, 0.6) is 0 Å². The van der Waals surface area contributed by atoms with Crippen molar-refractivity contribution in [2.45, 2.75) is 30.7 Å². The van der Waals surface area contributed by atoms with Gasteiger partial charge in [0.1, 0.15) is 0 Å². The fourth-order valence-corrected chi connectivity index (χ4v) is 2.96. The molecule has 0 radical (unpaired) electrons. The summed E-state index contributed by atoms with van der Waals surface area (Å²) in [6, 6.07) is 10.0. The van der Waals surface area contributed by atoms with E-state index in [0.717, 1.165) is 11.3 Å². The van der Waals surface area contributed by atoms with Crippen LogP contribution in [-0.2, 0) is 0 Å². The molecule has 1 heterocycles. The molecule has 0 atom stereocenters. The molecule has 0 saturated heterocycles. The zero-order chi connectivity index (χ0) is 13.0. The number of benzene rings is 1. The number of rotatable bonds is 3. The van der Waals surface area contributed by atoms with Crippen LogP contribution in [0.1, 0.15) is 20.8 Å². The van der Waals surface area contributed by atoms with Crippen molar-refractivity contribution >= 4 is 21.6 Å². The highest BCUT2D eigenvalue weighted by Gasteiger charge is 2.13. The normalized spacial score (nSPS) is 11.5. The van der Waals surface area contributed by atoms with Crippen molar-refractivity contribution in [3.8, 4) is 11.3 Å². The summed E-state index contributed by atoms with van der Waals surface area (Å²) in [5.41, 5.74) is 1.93. The maximum Gasteiger partial charge on any atom is 0.220 e. The first-order chi connectivity index (χ1) is 8.54. The second-order valence-corrected chi connectivity index (χ2v) is 7.69. The first kappa shape index (κ1) is 13.4. The van der Waals surface area contributed by atoms with Crippen molar-refractivity contribution in [3.63, 3.8) is 0 Å². The molecule has 2 rings (SSSR count). The summed E-state index contributed by atoms with van der Waals surface area (Å²) < 4.78 is 0.177. The minimum Gasteiger partial charge on any atom is -0.219 e. The molecule has 94 valence electrons. The van der Waals surface area contributed by atoms with Crippen LogP contribution < -0.4 is 0 Å². The van der Waals surface area contributed by atoms with E-state index in [1.54, 1.807) is 27.8 Å². The van der Waals surface area contributed by atoms with E-state index in [0.29, 0.717) is 5.16 Å². The van der Waals surface area contributed by atoms with Gasteiger partial charge in [-0.15, -0.1) is 5.10 Å². The maximum absolute atomic E-state index is 4.51. The minimum absolute atomic E-state index is 0.177. The first-order valence-corrected chi connectivity index (χ1v) is 7.80. The van der Waals surface area contributed by atoms with Gasteiger partial charge < -0.3 is 0 Å². The highest BCUT2D eigenvalue weighted by molar-refractivity contribution is 8.77. The number of aromatic nitrogens is 3. The van der Waals surface area contributed by atoms with E-state index in [1.807, 2.05) is 30.3 Å². The standard InChI is InChI=1S/C13H15N3S2/c1-13(2,3)18-17-12-15-11(9-14-16-12)10-7-5-4-6-8-10/h4-9H,1-3H3. The molecule has 1 aromatic carbocycles. The zero-order valence-corrected chi connectivity index (χ0v) is 12.3. The van der Waals surface area contributed by atoms with E-state index in [-0.39, 0.29) is 4.75 Å². The highest BCUT2D eigenvalue weighted by atomic mass is 33.1. The van der Waals surface area contributed by atoms with Crippen LogP contribution in [0.15, 0.2) is 41.7 Å². The SMILES string of the molecule is CC(C)(C)SSc1nncc(-c2ccccc2)n1. The quantitative estimate of drug-likeness (QED) is 0.790. The van der Waals surface area contributed by atoms with E-state index in [2.05, 4.69) is 36.0 Å². The molecule has 0 unspecified atom stereocenters. The van der Waals surface area contributed by atoms with Crippen LogP contribution >= 0.6 is 21.6 Å². The van der Waals surface area contributed by atoms with Crippen LogP contribution in [0.25, 0.3) is 11.3 Å². The second-order valence-electron chi connectivity index (χ2n) is 4.77. The van der Waals surface area contributed by atoms with Crippen LogP contribution in [0.3, 0.4) is 0 Å². The summed E-state index contributed by atoms with van der Waals surface area (Å²) in [4.78, 5) is 4.51. The third-order valence-corrected chi connectivity index (χ3v) is 5.08. The van der Waals surface area contributed by atoms with Gasteiger partial charge in [0.05, 0.1) is 11.9 Å². The summed E-state index contributed by atoms with van der Waals surface area (Å²) in [7, 11) is 3.31. The van der Waals surface area contributed by atoms with Crippen molar-refractivity contribution in [1.29, 1.82) is 0 Å². The lowest BCUT2D eigenvalue weighted by atomic mass is 10.2. The predicted molar refractivity (Wildman–Crippen MR) is 78.5 cm³/mol. The summed E-state index contributed by atoms with van der Waals surface area (Å²) in [5.74, 6) is 0. The van der Waals surface area contributed by atoms with Crippen LogP contribution in [-0.4, -0.2) is 19.9 Å². The molecular formula is C13H15N3S2. The molecule has 0 aliphatic carbocycles. The fourth-order valence-electron chi connectivity index (χ4n) is 1.23. The van der Waals surface area contributed by atoms with E-state index in [1.165, 1.54) is 0 Å². The average Bonchev–Trinajstić information content (AvgIpc) is 2.37. The molecule has 0 saturated carbocycles. The molecule has 0 bridgehead atoms. The Morgan fingerprint density at radius 3 is 2.44 bits per heavy atom. The molecule has 0 spiro atoms. The van der Waals surface area contributed by atoms with E-state index in [4.69, 9.17) is 0 Å². The Labute approximate surface area is 115 Å². The number of hydrogen-bond donors (Lipinski definition) is 0. The average molecular weight is 277 g/mol. The summed E-state index contributed by atoms with van der Waals surface area (Å²) in [5, 5.41) is 8.77. The molecule has 18 heavy (non-hydrogen) atoms. The molecule has 0 N–H and O–H groups in total. The van der Waals surface area contributed by atoms with E-state index in [9.17, 15) is 0 Å². The molecule has 0 aliphatic rings. The Hall–Kier alpha value is -1.07. The Kier molecular flexibility index (Phi) is 4.24. The summed E-state index contributed by atoms with van der Waals surface area (Å²) in [6.07, 6.45) is 1.70. The van der Waals surface area contributed by atoms with Gasteiger partial charge in [0.15, 0.2) is 0 Å². The Morgan fingerprint density at radius 2 is 1.78 bits per heavy atom. The maximum atomic E-state index is 4.51. The molecule has 0 fully saturated rings. The van der Waals surface area contributed by atoms with Crippen molar-refractivity contribution in [2.24, 2.45) is 0 Å². The summed E-state index contributed by atoms with van der Waals surface area (Å²) >= 11 is 0. The van der Waals surface area contributed by atoms with Crippen molar-refractivity contribution in [1.82, 2.24) is 15.2 Å². The molecule has 3 nitrogen and oxygen atoms in total. The molecule has 1 aromatic heterocycles. The molecule has 0 amide bonds. The van der Waals surface area contributed by atoms with Crippen molar-refractivity contribution < 1.29 is 0 Å². The number of nitrogens with zero attached hydrogens (tertiary/aromatic N) is 3. The highest BCUT2D eigenvalue weighted by Crippen LogP contribution is 2.38. The van der Waals surface area contributed by atoms with Gasteiger partial charge in [-0.2, -0.15) is 5.10 Å². The molecule has 0 aliphatic heterocycles. The largest absolute Gasteiger partial charge is 0.220 e. The van der Waals surface area contributed by atoms with Gasteiger partial charge >= 0.3 is 0 Å². The Balaban J connectivity index is 2.16. The fraction of sp³-hybridized carbons (Fsp3) is 0.308. The third kappa shape index (κ3) is 3.99. The van der Waals surface area contributed by atoms with E-state index < -0.39 is 0 Å². The van der Waals surface area contributed by atoms with Gasteiger partial charge in [-0.3, -0.25) is 0 Å². The monoisotopic (exact) mass is 277 g/mol. The summed E-state index contributed by atoms with van der Waals surface area (Å²) in [6.45, 7) is 6.50. The van der Waals surface area contributed by atoms with Crippen LogP contribution in [0.4, 0.5) is 0 Å². The van der Waals surface area contributed by atoms with Gasteiger partial charge in [0, 0.05) is 10.3 Å². The van der Waals surface area contributed by atoms with Gasteiger partial charge in [-0.1, -0.05) is 61.9 Å². The second kappa shape index (κ2) is 5.71. The van der Waals surface area contributed by atoms with Crippen molar-refractivity contribution in [2.75, 3.05) is 0 Å². The van der Waals surface area contributed by atoms with Gasteiger partial charge in [0.25, 0.3) is 0 Å². The third-order valence-electron chi connectivity index (χ3n) is 1.98. The molecule has 5 heteroatoms. The van der Waals surface area contributed by atoms with E-state index >= 15 is 0 Å². The van der Waals surface area contributed by atoms with Crippen LogP contribution in [0, 0.1) is 0 Å². The first-order valence-electron chi connectivity index (χ1n) is 5.65. The Morgan fingerprint density at radius 1 is 1.06 bits per heavy atom. The Bertz CT molecular complexity index is 509. The zero-order valence-electron chi connectivity index (χ0n) is 10.6. The van der Waals surface area contributed by atoms with Crippen molar-refractivity contribution in [3.05, 3.63) is 36.5 Å². The lowest BCUT2D eigenvalue weighted by Crippen LogP contribution is -2.05. The topological polar surface area (TPSA) is 38.7 Å². The lowest BCUT2D eigenvalue weighted by Gasteiger charge is -2.15. The molecular weight excluding hydrogens is 262 g/mol.